The van der Waals surface area contributed by atoms with Gasteiger partial charge in [-0.3, -0.25) is 9.78 Å². The zero-order chi connectivity index (χ0) is 15.8. The monoisotopic (exact) mass is 296 g/mol. The smallest absolute Gasteiger partial charge is 0.185 e. The summed E-state index contributed by atoms with van der Waals surface area (Å²) in [5, 5.41) is 0. The van der Waals surface area contributed by atoms with Crippen LogP contribution in [0.2, 0.25) is 0 Å². The summed E-state index contributed by atoms with van der Waals surface area (Å²) in [6, 6.07) is 10.9. The number of ether oxygens (including phenoxy) is 1. The minimum absolute atomic E-state index is 0.0309. The molecule has 1 heterocycles. The number of rotatable bonds is 7. The molecule has 0 radical (unpaired) electrons. The van der Waals surface area contributed by atoms with Crippen LogP contribution >= 0.6 is 0 Å². The van der Waals surface area contributed by atoms with Gasteiger partial charge in [0.05, 0.1) is 0 Å². The lowest BCUT2D eigenvalue weighted by atomic mass is 10.1. The fourth-order valence-electron chi connectivity index (χ4n) is 1.80. The highest BCUT2D eigenvalue weighted by molar-refractivity contribution is 6.06. The van der Waals surface area contributed by atoms with Crippen LogP contribution in [0.15, 0.2) is 54.9 Å². The molecule has 0 spiro atoms. The molecule has 0 atom stereocenters. The Morgan fingerprint density at radius 2 is 1.82 bits per heavy atom. The van der Waals surface area contributed by atoms with Crippen molar-refractivity contribution >= 4 is 11.9 Å². The Labute approximate surface area is 131 Å². The lowest BCUT2D eigenvalue weighted by molar-refractivity contribution is 0.104. The molecule has 0 N–H and O–H groups in total. The minimum atomic E-state index is -0.0309. The second kappa shape index (κ2) is 8.10. The molecule has 2 aromatic rings. The molecule has 114 valence electrons. The summed E-state index contributed by atoms with van der Waals surface area (Å²) >= 11 is 0. The van der Waals surface area contributed by atoms with Crippen LogP contribution in [0.25, 0.3) is 6.08 Å². The molecule has 1 aromatic heterocycles. The molecule has 0 amide bonds. The molecule has 22 heavy (non-hydrogen) atoms. The average molecular weight is 296 g/mol. The van der Waals surface area contributed by atoms with Crippen molar-refractivity contribution in [1.82, 2.24) is 9.88 Å². The lowest BCUT2D eigenvalue weighted by Gasteiger charge is -2.10. The van der Waals surface area contributed by atoms with E-state index in [1.807, 2.05) is 38.4 Å². The van der Waals surface area contributed by atoms with Gasteiger partial charge in [0, 0.05) is 24.5 Å². The SMILES string of the molecule is CN(C)CCOc1ccc(C(=O)C=Cc2ccncc2)cc1. The molecule has 1 aromatic carbocycles. The molecular formula is C18H20N2O2. The Bertz CT molecular complexity index is 619. The summed E-state index contributed by atoms with van der Waals surface area (Å²) in [6.45, 7) is 1.48. The highest BCUT2D eigenvalue weighted by atomic mass is 16.5. The van der Waals surface area contributed by atoms with Crippen LogP contribution in [-0.4, -0.2) is 42.9 Å². The van der Waals surface area contributed by atoms with Gasteiger partial charge in [-0.1, -0.05) is 6.08 Å². The third-order valence-corrected chi connectivity index (χ3v) is 3.08. The summed E-state index contributed by atoms with van der Waals surface area (Å²) in [7, 11) is 4.00. The molecule has 0 saturated carbocycles. The van der Waals surface area contributed by atoms with Gasteiger partial charge < -0.3 is 9.64 Å². The largest absolute Gasteiger partial charge is 0.492 e. The van der Waals surface area contributed by atoms with E-state index in [1.165, 1.54) is 0 Å². The van der Waals surface area contributed by atoms with Crippen molar-refractivity contribution in [2.45, 2.75) is 0 Å². The topological polar surface area (TPSA) is 42.4 Å². The van der Waals surface area contributed by atoms with E-state index in [4.69, 9.17) is 4.74 Å². The first-order chi connectivity index (χ1) is 10.6. The number of likely N-dealkylation sites (N-methyl/N-ethyl adjacent to an activating group) is 1. The first kappa shape index (κ1) is 15.9. The Balaban J connectivity index is 1.92. The maximum Gasteiger partial charge on any atom is 0.185 e. The van der Waals surface area contributed by atoms with Crippen LogP contribution in [0, 0.1) is 0 Å². The van der Waals surface area contributed by atoms with Gasteiger partial charge in [-0.25, -0.2) is 0 Å². The third kappa shape index (κ3) is 5.14. The normalized spacial score (nSPS) is 11.0. The van der Waals surface area contributed by atoms with E-state index < -0.39 is 0 Å². The highest BCUT2D eigenvalue weighted by Crippen LogP contribution is 2.13. The van der Waals surface area contributed by atoms with E-state index in [0.29, 0.717) is 12.2 Å². The Hall–Kier alpha value is -2.46. The van der Waals surface area contributed by atoms with Crippen molar-refractivity contribution in [3.63, 3.8) is 0 Å². The first-order valence-electron chi connectivity index (χ1n) is 7.15. The molecule has 0 aliphatic rings. The maximum absolute atomic E-state index is 12.1. The van der Waals surface area contributed by atoms with Crippen molar-refractivity contribution in [2.75, 3.05) is 27.2 Å². The average Bonchev–Trinajstić information content (AvgIpc) is 2.54. The first-order valence-corrected chi connectivity index (χ1v) is 7.15. The van der Waals surface area contributed by atoms with Gasteiger partial charge in [0.15, 0.2) is 5.78 Å². The zero-order valence-electron chi connectivity index (χ0n) is 12.9. The fraction of sp³-hybridized carbons (Fsp3) is 0.222. The number of hydrogen-bond donors (Lipinski definition) is 0. The van der Waals surface area contributed by atoms with Crippen molar-refractivity contribution in [2.24, 2.45) is 0 Å². The summed E-state index contributed by atoms with van der Waals surface area (Å²) in [5.74, 6) is 0.744. The zero-order valence-corrected chi connectivity index (χ0v) is 12.9. The summed E-state index contributed by atoms with van der Waals surface area (Å²) in [4.78, 5) is 18.1. The van der Waals surface area contributed by atoms with Gasteiger partial charge in [0.25, 0.3) is 0 Å². The van der Waals surface area contributed by atoms with Crippen LogP contribution in [0.4, 0.5) is 0 Å². The molecule has 0 fully saturated rings. The number of carbonyl (C=O) groups excluding carboxylic acids is 1. The highest BCUT2D eigenvalue weighted by Gasteiger charge is 2.02. The van der Waals surface area contributed by atoms with Crippen LogP contribution in [0.5, 0.6) is 5.75 Å². The molecule has 0 bridgehead atoms. The fourth-order valence-corrected chi connectivity index (χ4v) is 1.80. The van der Waals surface area contributed by atoms with E-state index in [0.717, 1.165) is 17.9 Å². The number of aromatic nitrogens is 1. The molecule has 0 unspecified atom stereocenters. The van der Waals surface area contributed by atoms with Crippen molar-refractivity contribution in [3.05, 3.63) is 66.0 Å². The molecule has 0 aliphatic carbocycles. The lowest BCUT2D eigenvalue weighted by Crippen LogP contribution is -2.19. The number of ketones is 1. The molecule has 2 rings (SSSR count). The van der Waals surface area contributed by atoms with Crippen LogP contribution < -0.4 is 4.74 Å². The van der Waals surface area contributed by atoms with Gasteiger partial charge in [0.2, 0.25) is 0 Å². The predicted molar refractivity (Wildman–Crippen MR) is 88.1 cm³/mol. The molecule has 0 aliphatic heterocycles. The van der Waals surface area contributed by atoms with E-state index in [1.54, 1.807) is 36.7 Å². The Morgan fingerprint density at radius 3 is 2.45 bits per heavy atom. The van der Waals surface area contributed by atoms with Gasteiger partial charge in [-0.15, -0.1) is 0 Å². The van der Waals surface area contributed by atoms with E-state index in [9.17, 15) is 4.79 Å². The quantitative estimate of drug-likeness (QED) is 0.582. The van der Waals surface area contributed by atoms with Crippen LogP contribution in [-0.2, 0) is 0 Å². The van der Waals surface area contributed by atoms with E-state index in [2.05, 4.69) is 9.88 Å². The van der Waals surface area contributed by atoms with Crippen LogP contribution in [0.1, 0.15) is 15.9 Å². The Kier molecular flexibility index (Phi) is 5.86. The van der Waals surface area contributed by atoms with E-state index >= 15 is 0 Å². The van der Waals surface area contributed by atoms with Crippen molar-refractivity contribution < 1.29 is 9.53 Å². The molecule has 0 saturated heterocycles. The van der Waals surface area contributed by atoms with E-state index in [-0.39, 0.29) is 5.78 Å². The van der Waals surface area contributed by atoms with Gasteiger partial charge >= 0.3 is 0 Å². The number of carbonyl (C=O) groups is 1. The second-order valence-electron chi connectivity index (χ2n) is 5.15. The molecule has 4 nitrogen and oxygen atoms in total. The molecule has 4 heteroatoms. The third-order valence-electron chi connectivity index (χ3n) is 3.08. The summed E-state index contributed by atoms with van der Waals surface area (Å²) in [6.07, 6.45) is 6.75. The number of benzene rings is 1. The number of nitrogens with zero attached hydrogens (tertiary/aromatic N) is 2. The minimum Gasteiger partial charge on any atom is -0.492 e. The number of hydrogen-bond acceptors (Lipinski definition) is 4. The van der Waals surface area contributed by atoms with Gasteiger partial charge in [-0.05, 0) is 62.1 Å². The maximum atomic E-state index is 12.1. The standard InChI is InChI=1S/C18H20N2O2/c1-20(2)13-14-22-17-6-4-16(5-7-17)18(21)8-3-15-9-11-19-12-10-15/h3-12H,13-14H2,1-2H3. The Morgan fingerprint density at radius 1 is 1.14 bits per heavy atom. The summed E-state index contributed by atoms with van der Waals surface area (Å²) < 4.78 is 5.60. The number of allylic oxidation sites excluding steroid dienone is 1. The molecular weight excluding hydrogens is 276 g/mol. The van der Waals surface area contributed by atoms with Gasteiger partial charge in [0.1, 0.15) is 12.4 Å². The predicted octanol–water partition coefficient (Wildman–Crippen LogP) is 2.92. The summed E-state index contributed by atoms with van der Waals surface area (Å²) in [5.41, 5.74) is 1.59. The van der Waals surface area contributed by atoms with Crippen molar-refractivity contribution in [3.8, 4) is 5.75 Å². The number of pyridine rings is 1. The van der Waals surface area contributed by atoms with Crippen LogP contribution in [0.3, 0.4) is 0 Å². The second-order valence-corrected chi connectivity index (χ2v) is 5.15. The van der Waals surface area contributed by atoms with Crippen molar-refractivity contribution in [1.29, 1.82) is 0 Å². The van der Waals surface area contributed by atoms with Gasteiger partial charge in [-0.2, -0.15) is 0 Å².